The molecular formula is C12H20ClN3O. The first kappa shape index (κ1) is 12.9. The zero-order chi connectivity index (χ0) is 12.4. The van der Waals surface area contributed by atoms with Gasteiger partial charge in [0.1, 0.15) is 5.15 Å². The van der Waals surface area contributed by atoms with E-state index in [9.17, 15) is 0 Å². The SMILES string of the molecule is Cc1nn(C)c(Cl)c1CC(N)CC1CCOC1. The Balaban J connectivity index is 1.95. The number of halogens is 1. The van der Waals surface area contributed by atoms with Crippen LogP contribution < -0.4 is 5.73 Å². The molecule has 2 unspecified atom stereocenters. The summed E-state index contributed by atoms with van der Waals surface area (Å²) < 4.78 is 7.07. The molecule has 0 aromatic carbocycles. The topological polar surface area (TPSA) is 53.1 Å². The van der Waals surface area contributed by atoms with Crippen molar-refractivity contribution in [3.05, 3.63) is 16.4 Å². The molecule has 17 heavy (non-hydrogen) atoms. The Hall–Kier alpha value is -0.580. The molecule has 5 heteroatoms. The fourth-order valence-corrected chi connectivity index (χ4v) is 2.70. The highest BCUT2D eigenvalue weighted by atomic mass is 35.5. The number of nitrogens with two attached hydrogens (primary N) is 1. The molecule has 1 aliphatic heterocycles. The van der Waals surface area contributed by atoms with Crippen LogP contribution in [0, 0.1) is 12.8 Å². The molecule has 2 N–H and O–H groups in total. The van der Waals surface area contributed by atoms with Gasteiger partial charge in [0.05, 0.1) is 5.69 Å². The van der Waals surface area contributed by atoms with Crippen molar-refractivity contribution in [2.24, 2.45) is 18.7 Å². The zero-order valence-corrected chi connectivity index (χ0v) is 11.2. The molecule has 1 aliphatic rings. The highest BCUT2D eigenvalue weighted by Gasteiger charge is 2.21. The number of ether oxygens (including phenoxy) is 1. The first-order chi connectivity index (χ1) is 8.08. The van der Waals surface area contributed by atoms with Crippen LogP contribution in [0.5, 0.6) is 0 Å². The number of aryl methyl sites for hydroxylation is 2. The molecule has 1 fully saturated rings. The van der Waals surface area contributed by atoms with Crippen LogP contribution in [-0.4, -0.2) is 29.0 Å². The van der Waals surface area contributed by atoms with Gasteiger partial charge in [-0.05, 0) is 32.1 Å². The molecule has 0 amide bonds. The third kappa shape index (κ3) is 3.00. The first-order valence-electron chi connectivity index (χ1n) is 6.09. The molecule has 0 radical (unpaired) electrons. The van der Waals surface area contributed by atoms with Crippen molar-refractivity contribution < 1.29 is 4.74 Å². The van der Waals surface area contributed by atoms with Crippen molar-refractivity contribution in [3.8, 4) is 0 Å². The normalized spacial score (nSPS) is 22.0. The van der Waals surface area contributed by atoms with Gasteiger partial charge in [0.25, 0.3) is 0 Å². The van der Waals surface area contributed by atoms with Gasteiger partial charge in [-0.15, -0.1) is 0 Å². The minimum absolute atomic E-state index is 0.141. The van der Waals surface area contributed by atoms with Crippen LogP contribution in [0.4, 0.5) is 0 Å². The highest BCUT2D eigenvalue weighted by molar-refractivity contribution is 6.30. The predicted octanol–water partition coefficient (Wildman–Crippen LogP) is 1.68. The van der Waals surface area contributed by atoms with Crippen LogP contribution >= 0.6 is 11.6 Å². The average molecular weight is 258 g/mol. The Kier molecular flexibility index (Phi) is 4.07. The van der Waals surface area contributed by atoms with Crippen molar-refractivity contribution in [1.29, 1.82) is 0 Å². The highest BCUT2D eigenvalue weighted by Crippen LogP contribution is 2.23. The van der Waals surface area contributed by atoms with Gasteiger partial charge in [-0.1, -0.05) is 11.6 Å². The van der Waals surface area contributed by atoms with E-state index in [-0.39, 0.29) is 6.04 Å². The van der Waals surface area contributed by atoms with Crippen LogP contribution in [0.1, 0.15) is 24.1 Å². The summed E-state index contributed by atoms with van der Waals surface area (Å²) in [5.74, 6) is 0.612. The van der Waals surface area contributed by atoms with E-state index in [1.54, 1.807) is 4.68 Å². The van der Waals surface area contributed by atoms with Gasteiger partial charge in [-0.25, -0.2) is 0 Å². The van der Waals surface area contributed by atoms with E-state index in [2.05, 4.69) is 5.10 Å². The molecule has 1 aromatic heterocycles. The Morgan fingerprint density at radius 2 is 2.41 bits per heavy atom. The zero-order valence-electron chi connectivity index (χ0n) is 10.4. The standard InChI is InChI=1S/C12H20ClN3O/c1-8-11(12(13)16(2)15-8)6-10(14)5-9-3-4-17-7-9/h9-10H,3-7,14H2,1-2H3. The first-order valence-corrected chi connectivity index (χ1v) is 6.47. The maximum atomic E-state index is 6.19. The molecule has 1 aromatic rings. The quantitative estimate of drug-likeness (QED) is 0.893. The smallest absolute Gasteiger partial charge is 0.130 e. The molecule has 2 heterocycles. The lowest BCUT2D eigenvalue weighted by Crippen LogP contribution is -2.26. The minimum Gasteiger partial charge on any atom is -0.381 e. The second-order valence-electron chi connectivity index (χ2n) is 4.91. The molecule has 0 saturated carbocycles. The van der Waals surface area contributed by atoms with E-state index in [0.717, 1.165) is 43.7 Å². The van der Waals surface area contributed by atoms with E-state index in [0.29, 0.717) is 11.1 Å². The lowest BCUT2D eigenvalue weighted by molar-refractivity contribution is 0.182. The number of aromatic nitrogens is 2. The molecule has 0 aliphatic carbocycles. The van der Waals surface area contributed by atoms with E-state index >= 15 is 0 Å². The lowest BCUT2D eigenvalue weighted by atomic mass is 9.95. The van der Waals surface area contributed by atoms with E-state index in [1.807, 2.05) is 14.0 Å². The van der Waals surface area contributed by atoms with Crippen molar-refractivity contribution in [2.45, 2.75) is 32.2 Å². The monoisotopic (exact) mass is 257 g/mol. The minimum atomic E-state index is 0.141. The largest absolute Gasteiger partial charge is 0.381 e. The number of rotatable bonds is 4. The third-order valence-corrected chi connectivity index (χ3v) is 3.87. The van der Waals surface area contributed by atoms with Crippen LogP contribution in [0.15, 0.2) is 0 Å². The summed E-state index contributed by atoms with van der Waals surface area (Å²) in [6.45, 7) is 3.71. The van der Waals surface area contributed by atoms with E-state index in [1.165, 1.54) is 0 Å². The Morgan fingerprint density at radius 3 is 2.94 bits per heavy atom. The Morgan fingerprint density at radius 1 is 1.65 bits per heavy atom. The maximum Gasteiger partial charge on any atom is 0.130 e. The molecule has 4 nitrogen and oxygen atoms in total. The Labute approximate surface area is 107 Å². The summed E-state index contributed by atoms with van der Waals surface area (Å²) in [5.41, 5.74) is 8.25. The number of nitrogens with zero attached hydrogens (tertiary/aromatic N) is 2. The summed E-state index contributed by atoms with van der Waals surface area (Å²) in [4.78, 5) is 0. The molecular weight excluding hydrogens is 238 g/mol. The fourth-order valence-electron chi connectivity index (χ4n) is 2.45. The third-order valence-electron chi connectivity index (χ3n) is 3.40. The fraction of sp³-hybridized carbons (Fsp3) is 0.750. The van der Waals surface area contributed by atoms with E-state index in [4.69, 9.17) is 22.1 Å². The van der Waals surface area contributed by atoms with Gasteiger partial charge in [-0.2, -0.15) is 5.10 Å². The van der Waals surface area contributed by atoms with Crippen molar-refractivity contribution in [2.75, 3.05) is 13.2 Å². The molecule has 0 bridgehead atoms. The average Bonchev–Trinajstić information content (AvgIpc) is 2.83. The maximum absolute atomic E-state index is 6.19. The number of hydrogen-bond acceptors (Lipinski definition) is 3. The summed E-state index contributed by atoms with van der Waals surface area (Å²) in [5, 5.41) is 5.01. The molecule has 1 saturated heterocycles. The second-order valence-corrected chi connectivity index (χ2v) is 5.27. The summed E-state index contributed by atoms with van der Waals surface area (Å²) in [6, 6.07) is 0.141. The van der Waals surface area contributed by atoms with Crippen molar-refractivity contribution in [1.82, 2.24) is 9.78 Å². The molecule has 2 atom stereocenters. The van der Waals surface area contributed by atoms with Gasteiger partial charge in [0.2, 0.25) is 0 Å². The number of hydrogen-bond donors (Lipinski definition) is 1. The molecule has 96 valence electrons. The van der Waals surface area contributed by atoms with Gasteiger partial charge in [0, 0.05) is 31.9 Å². The van der Waals surface area contributed by atoms with E-state index < -0.39 is 0 Å². The van der Waals surface area contributed by atoms with Gasteiger partial charge in [-0.3, -0.25) is 4.68 Å². The summed E-state index contributed by atoms with van der Waals surface area (Å²) in [6.07, 6.45) is 2.94. The van der Waals surface area contributed by atoms with Crippen molar-refractivity contribution in [3.63, 3.8) is 0 Å². The van der Waals surface area contributed by atoms with Crippen molar-refractivity contribution >= 4 is 11.6 Å². The van der Waals surface area contributed by atoms with Crippen LogP contribution in [0.25, 0.3) is 0 Å². The second kappa shape index (κ2) is 5.38. The van der Waals surface area contributed by atoms with Gasteiger partial charge < -0.3 is 10.5 Å². The Bertz CT molecular complexity index is 385. The van der Waals surface area contributed by atoms with Gasteiger partial charge in [0.15, 0.2) is 0 Å². The summed E-state index contributed by atoms with van der Waals surface area (Å²) in [7, 11) is 1.86. The molecule has 0 spiro atoms. The van der Waals surface area contributed by atoms with Gasteiger partial charge >= 0.3 is 0 Å². The van der Waals surface area contributed by atoms with Crippen LogP contribution in [0.3, 0.4) is 0 Å². The predicted molar refractivity (Wildman–Crippen MR) is 68.2 cm³/mol. The van der Waals surface area contributed by atoms with Crippen LogP contribution in [-0.2, 0) is 18.2 Å². The van der Waals surface area contributed by atoms with Crippen LogP contribution in [0.2, 0.25) is 5.15 Å². The lowest BCUT2D eigenvalue weighted by Gasteiger charge is -2.15. The molecule has 2 rings (SSSR count). The summed E-state index contributed by atoms with van der Waals surface area (Å²) >= 11 is 6.19.